The Hall–Kier alpha value is -1.89. The molecular formula is C15H13ClN2O3S. The molecule has 0 spiro atoms. The Morgan fingerprint density at radius 3 is 2.73 bits per heavy atom. The molecule has 0 saturated heterocycles. The van der Waals surface area contributed by atoms with E-state index in [1.54, 1.807) is 24.3 Å². The minimum absolute atomic E-state index is 0.200. The van der Waals surface area contributed by atoms with Crippen molar-refractivity contribution in [3.63, 3.8) is 0 Å². The molecule has 0 radical (unpaired) electrons. The molecule has 1 atom stereocenters. The van der Waals surface area contributed by atoms with E-state index in [1.165, 1.54) is 11.3 Å². The van der Waals surface area contributed by atoms with Gasteiger partial charge in [0.25, 0.3) is 5.91 Å². The van der Waals surface area contributed by atoms with Gasteiger partial charge in [0.15, 0.2) is 0 Å². The Morgan fingerprint density at radius 2 is 2.05 bits per heavy atom. The second-order valence-corrected chi connectivity index (χ2v) is 6.57. The van der Waals surface area contributed by atoms with Crippen molar-refractivity contribution in [3.8, 4) is 0 Å². The van der Waals surface area contributed by atoms with Crippen LogP contribution in [0.4, 0.5) is 5.69 Å². The average Bonchev–Trinajstić information content (AvgIpc) is 2.92. The molecule has 0 bridgehead atoms. The zero-order valence-corrected chi connectivity index (χ0v) is 13.0. The van der Waals surface area contributed by atoms with Gasteiger partial charge in [-0.2, -0.15) is 0 Å². The van der Waals surface area contributed by atoms with Crippen LogP contribution in [-0.2, 0) is 17.8 Å². The molecule has 22 heavy (non-hydrogen) atoms. The third-order valence-electron chi connectivity index (χ3n) is 3.45. The molecule has 1 amide bonds. The number of aliphatic carboxylic acids is 1. The number of carbonyl (C=O) groups is 2. The van der Waals surface area contributed by atoms with Gasteiger partial charge in [0.2, 0.25) is 0 Å². The van der Waals surface area contributed by atoms with E-state index in [2.05, 4.69) is 10.6 Å². The third kappa shape index (κ3) is 3.14. The van der Waals surface area contributed by atoms with Gasteiger partial charge >= 0.3 is 5.97 Å². The topological polar surface area (TPSA) is 78.4 Å². The maximum absolute atomic E-state index is 12.3. The molecular weight excluding hydrogens is 324 g/mol. The van der Waals surface area contributed by atoms with Crippen molar-refractivity contribution < 1.29 is 14.7 Å². The van der Waals surface area contributed by atoms with Gasteiger partial charge < -0.3 is 10.4 Å². The quantitative estimate of drug-likeness (QED) is 0.805. The largest absolute Gasteiger partial charge is 0.480 e. The number of nitrogens with one attached hydrogen (secondary N) is 2. The van der Waals surface area contributed by atoms with E-state index in [0.29, 0.717) is 28.6 Å². The number of thiophene rings is 1. The van der Waals surface area contributed by atoms with E-state index in [1.807, 2.05) is 6.07 Å². The molecule has 2 aromatic rings. The molecule has 1 aliphatic rings. The molecule has 0 aliphatic carbocycles. The fourth-order valence-electron chi connectivity index (χ4n) is 2.29. The maximum Gasteiger partial charge on any atom is 0.321 e. The van der Waals surface area contributed by atoms with E-state index >= 15 is 0 Å². The van der Waals surface area contributed by atoms with Crippen LogP contribution in [0.15, 0.2) is 30.3 Å². The zero-order valence-electron chi connectivity index (χ0n) is 11.4. The lowest BCUT2D eigenvalue weighted by Crippen LogP contribution is -2.40. The number of carboxylic acids is 1. The van der Waals surface area contributed by atoms with Crippen molar-refractivity contribution in [3.05, 3.63) is 50.7 Å². The van der Waals surface area contributed by atoms with Gasteiger partial charge in [-0.1, -0.05) is 11.6 Å². The van der Waals surface area contributed by atoms with Gasteiger partial charge in [0.05, 0.1) is 4.88 Å². The summed E-state index contributed by atoms with van der Waals surface area (Å²) in [6.07, 6.45) is 0.406. The maximum atomic E-state index is 12.3. The Balaban J connectivity index is 1.74. The summed E-state index contributed by atoms with van der Waals surface area (Å²) in [5.41, 5.74) is 1.66. The van der Waals surface area contributed by atoms with Crippen molar-refractivity contribution in [1.82, 2.24) is 5.32 Å². The molecule has 0 saturated carbocycles. The highest BCUT2D eigenvalue weighted by atomic mass is 35.5. The Kier molecular flexibility index (Phi) is 4.15. The number of anilines is 1. The van der Waals surface area contributed by atoms with Crippen molar-refractivity contribution in [2.45, 2.75) is 19.0 Å². The Bertz CT molecular complexity index is 727. The highest BCUT2D eigenvalue weighted by molar-refractivity contribution is 7.14. The molecule has 2 heterocycles. The van der Waals surface area contributed by atoms with Gasteiger partial charge in [0.1, 0.15) is 6.04 Å². The number of hydrogen-bond acceptors (Lipinski definition) is 4. The van der Waals surface area contributed by atoms with E-state index in [0.717, 1.165) is 10.4 Å². The van der Waals surface area contributed by atoms with Crippen LogP contribution in [0.2, 0.25) is 5.02 Å². The van der Waals surface area contributed by atoms with Gasteiger partial charge in [-0.25, -0.2) is 0 Å². The first-order chi connectivity index (χ1) is 10.5. The lowest BCUT2D eigenvalue weighted by atomic mass is 10.0. The number of rotatable bonds is 3. The molecule has 1 unspecified atom stereocenters. The highest BCUT2D eigenvalue weighted by Crippen LogP contribution is 2.28. The van der Waals surface area contributed by atoms with Crippen molar-refractivity contribution >= 4 is 40.5 Å². The van der Waals surface area contributed by atoms with E-state index < -0.39 is 12.0 Å². The number of carboxylic acid groups (broad SMARTS) is 1. The van der Waals surface area contributed by atoms with E-state index in [-0.39, 0.29) is 5.91 Å². The van der Waals surface area contributed by atoms with Crippen LogP contribution in [-0.4, -0.2) is 23.0 Å². The summed E-state index contributed by atoms with van der Waals surface area (Å²) in [6.45, 7) is 0.469. The summed E-state index contributed by atoms with van der Waals surface area (Å²) >= 11 is 7.15. The number of benzene rings is 1. The summed E-state index contributed by atoms with van der Waals surface area (Å²) in [7, 11) is 0. The highest BCUT2D eigenvalue weighted by Gasteiger charge is 2.26. The normalized spacial score (nSPS) is 16.9. The van der Waals surface area contributed by atoms with Gasteiger partial charge in [-0.15, -0.1) is 11.3 Å². The standard InChI is InChI=1S/C15H13ClN2O3S/c16-9-1-3-10(4-2-9)18-14(19)13-5-8-7-17-11(15(20)21)6-12(8)22-13/h1-5,11,17H,6-7H2,(H,18,19)(H,20,21). The Morgan fingerprint density at radius 1 is 1.32 bits per heavy atom. The van der Waals surface area contributed by atoms with Crippen molar-refractivity contribution in [2.75, 3.05) is 5.32 Å². The average molecular weight is 337 g/mol. The molecule has 3 rings (SSSR count). The number of carbonyl (C=O) groups excluding carboxylic acids is 1. The number of hydrogen-bond donors (Lipinski definition) is 3. The summed E-state index contributed by atoms with van der Waals surface area (Å²) in [4.78, 5) is 24.8. The minimum atomic E-state index is -0.869. The van der Waals surface area contributed by atoms with Crippen molar-refractivity contribution in [2.24, 2.45) is 0 Å². The van der Waals surface area contributed by atoms with Crippen LogP contribution >= 0.6 is 22.9 Å². The predicted molar refractivity (Wildman–Crippen MR) is 85.7 cm³/mol. The van der Waals surface area contributed by atoms with Gasteiger partial charge in [-0.05, 0) is 35.9 Å². The molecule has 3 N–H and O–H groups in total. The summed E-state index contributed by atoms with van der Waals surface area (Å²) < 4.78 is 0. The summed E-state index contributed by atoms with van der Waals surface area (Å²) in [6, 6.07) is 8.11. The SMILES string of the molecule is O=C(Nc1ccc(Cl)cc1)c1cc2c(s1)CC(C(=O)O)NC2. The first-order valence-corrected chi connectivity index (χ1v) is 7.87. The second-order valence-electron chi connectivity index (χ2n) is 5.00. The molecule has 1 aromatic heterocycles. The lowest BCUT2D eigenvalue weighted by molar-refractivity contribution is -0.139. The van der Waals surface area contributed by atoms with Gasteiger partial charge in [0, 0.05) is 28.6 Å². The third-order valence-corrected chi connectivity index (χ3v) is 4.90. The monoisotopic (exact) mass is 336 g/mol. The molecule has 1 aliphatic heterocycles. The number of halogens is 1. The molecule has 114 valence electrons. The fourth-order valence-corrected chi connectivity index (χ4v) is 3.54. The first kappa shape index (κ1) is 15.0. The zero-order chi connectivity index (χ0) is 15.7. The smallest absolute Gasteiger partial charge is 0.321 e. The van der Waals surface area contributed by atoms with Crippen LogP contribution in [0.5, 0.6) is 0 Å². The minimum Gasteiger partial charge on any atom is -0.480 e. The second kappa shape index (κ2) is 6.08. The first-order valence-electron chi connectivity index (χ1n) is 6.67. The molecule has 1 aromatic carbocycles. The van der Waals surface area contributed by atoms with Crippen molar-refractivity contribution in [1.29, 1.82) is 0 Å². The van der Waals surface area contributed by atoms with E-state index in [4.69, 9.17) is 16.7 Å². The molecule has 5 nitrogen and oxygen atoms in total. The van der Waals surface area contributed by atoms with Gasteiger partial charge in [-0.3, -0.25) is 14.9 Å². The summed E-state index contributed by atoms with van der Waals surface area (Å²) in [5, 5.41) is 15.4. The molecule has 0 fully saturated rings. The van der Waals surface area contributed by atoms with Crippen LogP contribution in [0.25, 0.3) is 0 Å². The summed E-state index contributed by atoms with van der Waals surface area (Å²) in [5.74, 6) is -1.07. The number of fused-ring (bicyclic) bond motifs is 1. The predicted octanol–water partition coefficient (Wildman–Crippen LogP) is 2.75. The molecule has 7 heteroatoms. The van der Waals surface area contributed by atoms with Crippen LogP contribution in [0.3, 0.4) is 0 Å². The van der Waals surface area contributed by atoms with Crippen LogP contribution in [0, 0.1) is 0 Å². The van der Waals surface area contributed by atoms with Crippen LogP contribution < -0.4 is 10.6 Å². The number of amides is 1. The fraction of sp³-hybridized carbons (Fsp3) is 0.200. The van der Waals surface area contributed by atoms with E-state index in [9.17, 15) is 9.59 Å². The van der Waals surface area contributed by atoms with Crippen LogP contribution in [0.1, 0.15) is 20.1 Å². The Labute approximate surface area is 135 Å². The lowest BCUT2D eigenvalue weighted by Gasteiger charge is -2.19.